The molecule has 1 atom stereocenters. The maximum atomic E-state index is 11.4. The molecule has 0 rings (SSSR count). The van der Waals surface area contributed by atoms with E-state index in [1.54, 1.807) is 0 Å². The predicted octanol–water partition coefficient (Wildman–Crippen LogP) is 0.648. The van der Waals surface area contributed by atoms with Gasteiger partial charge in [-0.3, -0.25) is 4.79 Å². The van der Waals surface area contributed by atoms with E-state index >= 15 is 0 Å². The van der Waals surface area contributed by atoms with Crippen LogP contribution in [0.3, 0.4) is 0 Å². The van der Waals surface area contributed by atoms with Gasteiger partial charge in [0.15, 0.2) is 0 Å². The molecule has 2 N–H and O–H groups in total. The molecule has 0 aliphatic carbocycles. The van der Waals surface area contributed by atoms with Gasteiger partial charge in [0.2, 0.25) is 5.69 Å². The third-order valence-corrected chi connectivity index (χ3v) is 2.43. The predicted molar refractivity (Wildman–Crippen MR) is 60.7 cm³/mol. The lowest BCUT2D eigenvalue weighted by Crippen LogP contribution is -2.44. The highest BCUT2D eigenvalue weighted by Gasteiger charge is 2.32. The van der Waals surface area contributed by atoms with Gasteiger partial charge >= 0.3 is 0 Å². The minimum absolute atomic E-state index is 0.0759. The number of methoxy groups -OCH3 is 1. The van der Waals surface area contributed by atoms with E-state index in [-0.39, 0.29) is 6.73 Å². The van der Waals surface area contributed by atoms with E-state index in [1.165, 1.54) is 21.0 Å². The van der Waals surface area contributed by atoms with Crippen LogP contribution in [-0.4, -0.2) is 30.2 Å². The van der Waals surface area contributed by atoms with Crippen LogP contribution >= 0.6 is 17.9 Å². The Bertz CT molecular complexity index is 252. The molecule has 0 fully saturated rings. The number of thiol groups is 1. The van der Waals surface area contributed by atoms with Crippen LogP contribution in [0, 0.1) is 0 Å². The fraction of sp³-hybridized carbons (Fsp3) is 0.833. The molecule has 0 aliphatic rings. The zero-order chi connectivity index (χ0) is 11.4. The van der Waals surface area contributed by atoms with E-state index in [0.717, 1.165) is 0 Å². The molecule has 0 saturated carbocycles. The monoisotopic (exact) mass is 259 g/mol. The van der Waals surface area contributed by atoms with E-state index in [2.05, 4.69) is 34.1 Å². The molecule has 0 heterocycles. The number of ether oxygens (including phenoxy) is 1. The van der Waals surface area contributed by atoms with Crippen molar-refractivity contribution in [1.82, 2.24) is 5.32 Å². The Morgan fingerprint density at radius 3 is 2.57 bits per heavy atom. The lowest BCUT2D eigenvalue weighted by atomic mass is 10.1. The van der Waals surface area contributed by atoms with E-state index in [4.69, 9.17) is 4.52 Å². The SMILES string of the molecule is COCNC(=O)C(C)(C)OP(O)(=S)S. The third kappa shape index (κ3) is 5.95. The van der Waals surface area contributed by atoms with Gasteiger partial charge in [-0.2, -0.15) is 0 Å². The number of carbonyl (C=O) groups excluding carboxylic acids is 1. The average Bonchev–Trinajstić information content (AvgIpc) is 1.95. The second-order valence-corrected chi connectivity index (χ2v) is 8.12. The summed E-state index contributed by atoms with van der Waals surface area (Å²) in [5.41, 5.74) is -4.36. The van der Waals surface area contributed by atoms with Crippen molar-refractivity contribution in [3.05, 3.63) is 0 Å². The molecule has 0 aromatic rings. The molecule has 0 aromatic heterocycles. The Hall–Kier alpha value is 0.350. The summed E-state index contributed by atoms with van der Waals surface area (Å²) in [7, 11) is 1.45. The number of carbonyl (C=O) groups is 1. The minimum atomic E-state index is -3.15. The molecule has 5 nitrogen and oxygen atoms in total. The van der Waals surface area contributed by atoms with Crippen molar-refractivity contribution in [2.24, 2.45) is 0 Å². The minimum Gasteiger partial charge on any atom is -0.364 e. The number of hydrogen-bond acceptors (Lipinski definition) is 4. The van der Waals surface area contributed by atoms with E-state index < -0.39 is 17.2 Å². The maximum absolute atomic E-state index is 11.4. The zero-order valence-corrected chi connectivity index (χ0v) is 10.8. The van der Waals surface area contributed by atoms with Crippen LogP contribution < -0.4 is 5.32 Å². The van der Waals surface area contributed by atoms with E-state index in [1.807, 2.05) is 0 Å². The van der Waals surface area contributed by atoms with Gasteiger partial charge in [-0.1, -0.05) is 12.2 Å². The summed E-state index contributed by atoms with van der Waals surface area (Å²) in [4.78, 5) is 20.6. The fourth-order valence-corrected chi connectivity index (χ4v) is 2.54. The summed E-state index contributed by atoms with van der Waals surface area (Å²) in [6.07, 6.45) is 0. The highest BCUT2D eigenvalue weighted by Crippen LogP contribution is 2.50. The summed E-state index contributed by atoms with van der Waals surface area (Å²) in [5, 5.41) is 2.44. The molecule has 0 radical (unpaired) electrons. The van der Waals surface area contributed by atoms with Gasteiger partial charge < -0.3 is 19.5 Å². The molecule has 1 amide bonds. The van der Waals surface area contributed by atoms with Gasteiger partial charge in [-0.05, 0) is 25.7 Å². The van der Waals surface area contributed by atoms with Gasteiger partial charge in [-0.25, -0.2) is 0 Å². The standard InChI is InChI=1S/C6H14NO4PS2/c1-6(2,11-12(9,13)14)5(8)7-4-10-3/h4H2,1-3H3,(H,7,8)(H2,9,13,14). The normalized spacial score (nSPS) is 16.1. The quantitative estimate of drug-likeness (QED) is 0.384. The molecule has 0 saturated heterocycles. The summed E-state index contributed by atoms with van der Waals surface area (Å²) in [6.45, 7) is 3.06. The Balaban J connectivity index is 4.31. The van der Waals surface area contributed by atoms with Gasteiger partial charge in [0.25, 0.3) is 5.91 Å². The van der Waals surface area contributed by atoms with Crippen LogP contribution in [0.4, 0.5) is 0 Å². The van der Waals surface area contributed by atoms with Crippen molar-refractivity contribution < 1.29 is 18.9 Å². The van der Waals surface area contributed by atoms with Gasteiger partial charge in [0.1, 0.15) is 12.3 Å². The highest BCUT2D eigenvalue weighted by atomic mass is 32.9. The molecule has 0 aliphatic heterocycles. The topological polar surface area (TPSA) is 67.8 Å². The fourth-order valence-electron chi connectivity index (χ4n) is 0.689. The third-order valence-electron chi connectivity index (χ3n) is 1.27. The summed E-state index contributed by atoms with van der Waals surface area (Å²) in [5.74, 6) is -0.420. The lowest BCUT2D eigenvalue weighted by Gasteiger charge is -2.26. The molecule has 14 heavy (non-hydrogen) atoms. The number of rotatable bonds is 5. The first kappa shape index (κ1) is 14.3. The van der Waals surface area contributed by atoms with Crippen LogP contribution in [0.25, 0.3) is 0 Å². The molecule has 8 heteroatoms. The largest absolute Gasteiger partial charge is 0.364 e. The molecule has 0 bridgehead atoms. The first-order chi connectivity index (χ1) is 6.19. The smallest absolute Gasteiger partial charge is 0.253 e. The molecule has 0 aromatic carbocycles. The maximum Gasteiger partial charge on any atom is 0.253 e. The summed E-state index contributed by atoms with van der Waals surface area (Å²) in [6, 6.07) is 0. The molecule has 84 valence electrons. The Kier molecular flexibility index (Phi) is 5.57. The molecular weight excluding hydrogens is 245 g/mol. The zero-order valence-electron chi connectivity index (χ0n) is 8.18. The van der Waals surface area contributed by atoms with Crippen molar-refractivity contribution >= 4 is 35.7 Å². The van der Waals surface area contributed by atoms with Gasteiger partial charge in [-0.15, -0.1) is 0 Å². The number of hydrogen-bond donors (Lipinski definition) is 3. The van der Waals surface area contributed by atoms with Crippen LogP contribution in [0.1, 0.15) is 13.8 Å². The van der Waals surface area contributed by atoms with Crippen molar-refractivity contribution in [2.45, 2.75) is 19.4 Å². The summed E-state index contributed by atoms with van der Waals surface area (Å²) < 4.78 is 9.61. The second kappa shape index (κ2) is 5.44. The highest BCUT2D eigenvalue weighted by molar-refractivity contribution is 8.59. The Morgan fingerprint density at radius 1 is 1.71 bits per heavy atom. The van der Waals surface area contributed by atoms with Gasteiger partial charge in [0, 0.05) is 7.11 Å². The Morgan fingerprint density at radius 2 is 2.21 bits per heavy atom. The van der Waals surface area contributed by atoms with Crippen molar-refractivity contribution in [3.63, 3.8) is 0 Å². The molecule has 0 spiro atoms. The Labute approximate surface area is 93.5 Å². The number of nitrogens with one attached hydrogen (secondary N) is 1. The second-order valence-electron chi connectivity index (χ2n) is 3.03. The van der Waals surface area contributed by atoms with Crippen LogP contribution in [0.15, 0.2) is 0 Å². The van der Waals surface area contributed by atoms with Crippen molar-refractivity contribution in [1.29, 1.82) is 0 Å². The van der Waals surface area contributed by atoms with E-state index in [9.17, 15) is 9.69 Å². The van der Waals surface area contributed by atoms with Crippen LogP contribution in [0.2, 0.25) is 0 Å². The van der Waals surface area contributed by atoms with Crippen LogP contribution in [-0.2, 0) is 25.9 Å². The van der Waals surface area contributed by atoms with E-state index in [0.29, 0.717) is 0 Å². The first-order valence-corrected chi connectivity index (χ1v) is 7.55. The van der Waals surface area contributed by atoms with Crippen molar-refractivity contribution in [2.75, 3.05) is 13.8 Å². The van der Waals surface area contributed by atoms with Crippen LogP contribution in [0.5, 0.6) is 0 Å². The van der Waals surface area contributed by atoms with Gasteiger partial charge in [0.05, 0.1) is 0 Å². The molecular formula is C6H14NO4PS2. The summed E-state index contributed by atoms with van der Waals surface area (Å²) >= 11 is 8.24. The van der Waals surface area contributed by atoms with Crippen molar-refractivity contribution in [3.8, 4) is 0 Å². The molecule has 1 unspecified atom stereocenters. The lowest BCUT2D eigenvalue weighted by molar-refractivity contribution is -0.135. The number of amides is 1. The average molecular weight is 259 g/mol. The first-order valence-electron chi connectivity index (χ1n) is 3.72.